The van der Waals surface area contributed by atoms with Crippen LogP contribution in [0.2, 0.25) is 0 Å². The van der Waals surface area contributed by atoms with Crippen LogP contribution in [0, 0.1) is 0 Å². The second-order valence-corrected chi connectivity index (χ2v) is 3.63. The Balaban J connectivity index is 2.04. The largest absolute Gasteiger partial charge is 0.487 e. The molecule has 0 bridgehead atoms. The Hall–Kier alpha value is -1.84. The number of aryl methyl sites for hydroxylation is 2. The maximum absolute atomic E-state index is 5.71. The number of hydrogen-bond donors (Lipinski definition) is 0. The molecule has 0 fully saturated rings. The molecule has 0 saturated carbocycles. The van der Waals surface area contributed by atoms with E-state index in [9.17, 15) is 0 Å². The van der Waals surface area contributed by atoms with Crippen LogP contribution in [-0.2, 0) is 20.1 Å². The first-order valence-electron chi connectivity index (χ1n) is 5.35. The normalized spacial score (nSPS) is 10.4. The summed E-state index contributed by atoms with van der Waals surface area (Å²) < 4.78 is 7.38. The van der Waals surface area contributed by atoms with Crippen LogP contribution < -0.4 is 4.74 Å². The fourth-order valence-electron chi connectivity index (χ4n) is 1.55. The lowest BCUT2D eigenvalue weighted by Crippen LogP contribution is -1.98. The summed E-state index contributed by atoms with van der Waals surface area (Å²) in [6, 6.07) is 8.06. The van der Waals surface area contributed by atoms with Gasteiger partial charge in [0.1, 0.15) is 18.1 Å². The van der Waals surface area contributed by atoms with Crippen LogP contribution in [0.15, 0.2) is 30.5 Å². The molecule has 0 aliphatic heterocycles. The molecule has 84 valence electrons. The smallest absolute Gasteiger partial charge is 0.134 e. The molecule has 0 aliphatic carbocycles. The van der Waals surface area contributed by atoms with Crippen molar-refractivity contribution in [3.05, 3.63) is 41.7 Å². The van der Waals surface area contributed by atoms with Crippen molar-refractivity contribution in [2.45, 2.75) is 20.0 Å². The second-order valence-electron chi connectivity index (χ2n) is 3.63. The highest BCUT2D eigenvalue weighted by Gasteiger charge is 2.03. The Kier molecular flexibility index (Phi) is 3.19. The van der Waals surface area contributed by atoms with E-state index in [1.54, 1.807) is 4.68 Å². The van der Waals surface area contributed by atoms with Crippen molar-refractivity contribution in [1.29, 1.82) is 0 Å². The van der Waals surface area contributed by atoms with Crippen molar-refractivity contribution < 1.29 is 4.74 Å². The molecule has 0 spiro atoms. The third-order valence-corrected chi connectivity index (χ3v) is 2.38. The lowest BCUT2D eigenvalue weighted by atomic mass is 10.1. The topological polar surface area (TPSA) is 39.9 Å². The van der Waals surface area contributed by atoms with E-state index >= 15 is 0 Å². The van der Waals surface area contributed by atoms with Crippen molar-refractivity contribution in [3.63, 3.8) is 0 Å². The van der Waals surface area contributed by atoms with E-state index in [0.717, 1.165) is 17.9 Å². The summed E-state index contributed by atoms with van der Waals surface area (Å²) >= 11 is 0. The second kappa shape index (κ2) is 4.79. The Morgan fingerprint density at radius 3 is 2.81 bits per heavy atom. The summed E-state index contributed by atoms with van der Waals surface area (Å²) in [6.45, 7) is 2.58. The van der Waals surface area contributed by atoms with Gasteiger partial charge in [-0.25, -0.2) is 0 Å². The van der Waals surface area contributed by atoms with Crippen LogP contribution in [0.3, 0.4) is 0 Å². The van der Waals surface area contributed by atoms with E-state index < -0.39 is 0 Å². The SMILES string of the molecule is CCc1ccccc1OCc1cn(C)nn1. The summed E-state index contributed by atoms with van der Waals surface area (Å²) in [5, 5.41) is 7.83. The average molecular weight is 217 g/mol. The third-order valence-electron chi connectivity index (χ3n) is 2.38. The zero-order chi connectivity index (χ0) is 11.4. The molecule has 2 rings (SSSR count). The number of nitrogens with zero attached hydrogens (tertiary/aromatic N) is 3. The Morgan fingerprint density at radius 1 is 1.31 bits per heavy atom. The van der Waals surface area contributed by atoms with Gasteiger partial charge < -0.3 is 4.74 Å². The maximum Gasteiger partial charge on any atom is 0.134 e. The van der Waals surface area contributed by atoms with Crippen LogP contribution in [0.1, 0.15) is 18.2 Å². The zero-order valence-corrected chi connectivity index (χ0v) is 9.55. The van der Waals surface area contributed by atoms with Crippen molar-refractivity contribution >= 4 is 0 Å². The van der Waals surface area contributed by atoms with Gasteiger partial charge in [-0.05, 0) is 18.1 Å². The van der Waals surface area contributed by atoms with Crippen LogP contribution in [0.4, 0.5) is 0 Å². The molecular weight excluding hydrogens is 202 g/mol. The molecule has 4 nitrogen and oxygen atoms in total. The van der Waals surface area contributed by atoms with Gasteiger partial charge in [-0.1, -0.05) is 30.3 Å². The first kappa shape index (κ1) is 10.7. The van der Waals surface area contributed by atoms with Crippen molar-refractivity contribution in [3.8, 4) is 5.75 Å². The van der Waals surface area contributed by atoms with Crippen molar-refractivity contribution in [1.82, 2.24) is 15.0 Å². The molecule has 0 atom stereocenters. The molecule has 0 unspecified atom stereocenters. The minimum absolute atomic E-state index is 0.463. The number of para-hydroxylation sites is 1. The molecular formula is C12H15N3O. The molecule has 1 aromatic carbocycles. The molecule has 0 amide bonds. The lowest BCUT2D eigenvalue weighted by molar-refractivity contribution is 0.298. The molecule has 0 aliphatic rings. The first-order valence-corrected chi connectivity index (χ1v) is 5.35. The van der Waals surface area contributed by atoms with E-state index in [2.05, 4.69) is 23.3 Å². The molecule has 0 radical (unpaired) electrons. The average Bonchev–Trinajstić information content (AvgIpc) is 2.73. The van der Waals surface area contributed by atoms with Gasteiger partial charge in [-0.2, -0.15) is 0 Å². The Bertz CT molecular complexity index is 465. The molecule has 0 N–H and O–H groups in total. The number of hydrogen-bond acceptors (Lipinski definition) is 3. The first-order chi connectivity index (χ1) is 7.79. The number of rotatable bonds is 4. The van der Waals surface area contributed by atoms with Gasteiger partial charge in [0.2, 0.25) is 0 Å². The minimum atomic E-state index is 0.463. The van der Waals surface area contributed by atoms with Gasteiger partial charge >= 0.3 is 0 Å². The third kappa shape index (κ3) is 2.39. The Morgan fingerprint density at radius 2 is 2.12 bits per heavy atom. The van der Waals surface area contributed by atoms with Gasteiger partial charge in [0.15, 0.2) is 0 Å². The number of benzene rings is 1. The summed E-state index contributed by atoms with van der Waals surface area (Å²) in [5.41, 5.74) is 2.06. The highest BCUT2D eigenvalue weighted by molar-refractivity contribution is 5.33. The van der Waals surface area contributed by atoms with E-state index in [1.807, 2.05) is 31.4 Å². The zero-order valence-electron chi connectivity index (χ0n) is 9.55. The predicted octanol–water partition coefficient (Wildman–Crippen LogP) is 1.96. The fourth-order valence-corrected chi connectivity index (χ4v) is 1.55. The van der Waals surface area contributed by atoms with Crippen LogP contribution in [0.25, 0.3) is 0 Å². The van der Waals surface area contributed by atoms with Crippen LogP contribution in [-0.4, -0.2) is 15.0 Å². The molecule has 4 heteroatoms. The van der Waals surface area contributed by atoms with E-state index in [-0.39, 0.29) is 0 Å². The summed E-state index contributed by atoms with van der Waals surface area (Å²) in [6.07, 6.45) is 2.82. The summed E-state index contributed by atoms with van der Waals surface area (Å²) in [4.78, 5) is 0. The van der Waals surface area contributed by atoms with Crippen molar-refractivity contribution in [2.75, 3.05) is 0 Å². The summed E-state index contributed by atoms with van der Waals surface area (Å²) in [5.74, 6) is 0.927. The van der Waals surface area contributed by atoms with E-state index in [0.29, 0.717) is 6.61 Å². The van der Waals surface area contributed by atoms with Gasteiger partial charge in [-0.15, -0.1) is 5.10 Å². The minimum Gasteiger partial charge on any atom is -0.487 e. The molecule has 16 heavy (non-hydrogen) atoms. The van der Waals surface area contributed by atoms with Gasteiger partial charge in [0.05, 0.1) is 6.20 Å². The van der Waals surface area contributed by atoms with Gasteiger partial charge in [-0.3, -0.25) is 4.68 Å². The summed E-state index contributed by atoms with van der Waals surface area (Å²) in [7, 11) is 1.84. The van der Waals surface area contributed by atoms with Crippen LogP contribution in [0.5, 0.6) is 5.75 Å². The fraction of sp³-hybridized carbons (Fsp3) is 0.333. The molecule has 1 heterocycles. The molecule has 1 aromatic heterocycles. The molecule has 2 aromatic rings. The van der Waals surface area contributed by atoms with Crippen molar-refractivity contribution in [2.24, 2.45) is 7.05 Å². The van der Waals surface area contributed by atoms with Crippen LogP contribution >= 0.6 is 0 Å². The van der Waals surface area contributed by atoms with Gasteiger partial charge in [0, 0.05) is 7.05 Å². The Labute approximate surface area is 94.9 Å². The highest BCUT2D eigenvalue weighted by Crippen LogP contribution is 2.19. The maximum atomic E-state index is 5.71. The molecule has 0 saturated heterocycles. The van der Waals surface area contributed by atoms with E-state index in [4.69, 9.17) is 4.74 Å². The standard InChI is InChI=1S/C12H15N3O/c1-3-10-6-4-5-7-12(10)16-9-11-8-15(2)14-13-11/h4-8H,3,9H2,1-2H3. The number of ether oxygens (including phenoxy) is 1. The van der Waals surface area contributed by atoms with Gasteiger partial charge in [0.25, 0.3) is 0 Å². The predicted molar refractivity (Wildman–Crippen MR) is 61.2 cm³/mol. The highest BCUT2D eigenvalue weighted by atomic mass is 16.5. The van der Waals surface area contributed by atoms with E-state index in [1.165, 1.54) is 5.56 Å². The monoisotopic (exact) mass is 217 g/mol. The quantitative estimate of drug-likeness (QED) is 0.786. The lowest BCUT2D eigenvalue weighted by Gasteiger charge is -2.08. The number of aromatic nitrogens is 3.